The standard InChI is InChI=1S/C13H16N4O2/c1-13(2,3)19-12(18)17-11-5-4-9(6-15-11)10-7-14-8-16-10/h4-8H,1-3H3,(H,14,16)(H,15,17,18). The van der Waals surface area contributed by atoms with Crippen molar-refractivity contribution < 1.29 is 9.53 Å². The molecule has 0 unspecified atom stereocenters. The summed E-state index contributed by atoms with van der Waals surface area (Å²) < 4.78 is 5.14. The number of anilines is 1. The molecule has 6 heteroatoms. The first kappa shape index (κ1) is 13.1. The van der Waals surface area contributed by atoms with Crippen molar-refractivity contribution in [2.45, 2.75) is 26.4 Å². The number of carbonyl (C=O) groups excluding carboxylic acids is 1. The second-order valence-corrected chi connectivity index (χ2v) is 5.01. The van der Waals surface area contributed by atoms with Crippen molar-refractivity contribution in [2.75, 3.05) is 5.32 Å². The van der Waals surface area contributed by atoms with E-state index in [1.165, 1.54) is 0 Å². The van der Waals surface area contributed by atoms with Crippen molar-refractivity contribution in [2.24, 2.45) is 0 Å². The molecular weight excluding hydrogens is 244 g/mol. The van der Waals surface area contributed by atoms with E-state index in [1.54, 1.807) is 45.6 Å². The Morgan fingerprint density at radius 3 is 2.63 bits per heavy atom. The van der Waals surface area contributed by atoms with Gasteiger partial charge in [-0.15, -0.1) is 0 Å². The number of pyridine rings is 1. The third kappa shape index (κ3) is 3.80. The molecule has 0 atom stereocenters. The SMILES string of the molecule is CC(C)(C)OC(=O)Nc1ccc(-c2c[nH]cn2)cn1. The first-order valence-electron chi connectivity index (χ1n) is 5.89. The third-order valence-electron chi connectivity index (χ3n) is 2.19. The second kappa shape index (κ2) is 5.09. The van der Waals surface area contributed by atoms with Gasteiger partial charge < -0.3 is 9.72 Å². The normalized spacial score (nSPS) is 11.1. The topological polar surface area (TPSA) is 79.9 Å². The molecular formula is C13H16N4O2. The highest BCUT2D eigenvalue weighted by Gasteiger charge is 2.16. The van der Waals surface area contributed by atoms with Gasteiger partial charge in [-0.1, -0.05) is 0 Å². The largest absolute Gasteiger partial charge is 0.444 e. The molecule has 6 nitrogen and oxygen atoms in total. The Bertz CT molecular complexity index is 541. The third-order valence-corrected chi connectivity index (χ3v) is 2.19. The van der Waals surface area contributed by atoms with Gasteiger partial charge in [0.05, 0.1) is 12.0 Å². The maximum atomic E-state index is 11.6. The lowest BCUT2D eigenvalue weighted by Gasteiger charge is -2.19. The molecule has 0 saturated carbocycles. The first-order valence-corrected chi connectivity index (χ1v) is 5.89. The van der Waals surface area contributed by atoms with Crippen LogP contribution in [0.25, 0.3) is 11.3 Å². The number of aromatic nitrogens is 3. The maximum Gasteiger partial charge on any atom is 0.413 e. The van der Waals surface area contributed by atoms with Crippen LogP contribution in [0.1, 0.15) is 20.8 Å². The summed E-state index contributed by atoms with van der Waals surface area (Å²) in [6, 6.07) is 3.53. The first-order chi connectivity index (χ1) is 8.94. The van der Waals surface area contributed by atoms with Gasteiger partial charge in [0.25, 0.3) is 0 Å². The van der Waals surface area contributed by atoms with E-state index in [0.717, 1.165) is 11.3 Å². The quantitative estimate of drug-likeness (QED) is 0.870. The summed E-state index contributed by atoms with van der Waals surface area (Å²) in [5.41, 5.74) is 1.14. The lowest BCUT2D eigenvalue weighted by atomic mass is 10.2. The summed E-state index contributed by atoms with van der Waals surface area (Å²) in [5, 5.41) is 2.57. The van der Waals surface area contributed by atoms with Gasteiger partial charge in [-0.2, -0.15) is 0 Å². The van der Waals surface area contributed by atoms with Crippen LogP contribution in [0, 0.1) is 0 Å². The number of hydrogen-bond donors (Lipinski definition) is 2. The molecule has 19 heavy (non-hydrogen) atoms. The lowest BCUT2D eigenvalue weighted by Crippen LogP contribution is -2.27. The van der Waals surface area contributed by atoms with Crippen molar-refractivity contribution >= 4 is 11.9 Å². The van der Waals surface area contributed by atoms with Crippen LogP contribution < -0.4 is 5.32 Å². The molecule has 1 amide bonds. The van der Waals surface area contributed by atoms with Crippen LogP contribution in [-0.2, 0) is 4.74 Å². The van der Waals surface area contributed by atoms with Gasteiger partial charge in [-0.05, 0) is 32.9 Å². The number of aromatic amines is 1. The van der Waals surface area contributed by atoms with Crippen LogP contribution in [0.15, 0.2) is 30.9 Å². The monoisotopic (exact) mass is 260 g/mol. The number of amides is 1. The fourth-order valence-corrected chi connectivity index (χ4v) is 1.45. The Labute approximate surface area is 111 Å². The van der Waals surface area contributed by atoms with Gasteiger partial charge >= 0.3 is 6.09 Å². The van der Waals surface area contributed by atoms with Crippen LogP contribution in [0.4, 0.5) is 10.6 Å². The molecule has 2 heterocycles. The zero-order valence-corrected chi connectivity index (χ0v) is 11.1. The average Bonchev–Trinajstić information content (AvgIpc) is 2.80. The zero-order chi connectivity index (χ0) is 13.9. The smallest absolute Gasteiger partial charge is 0.413 e. The Hall–Kier alpha value is -2.37. The van der Waals surface area contributed by atoms with E-state index < -0.39 is 11.7 Å². The molecule has 0 radical (unpaired) electrons. The second-order valence-electron chi connectivity index (χ2n) is 5.01. The van der Waals surface area contributed by atoms with Crippen molar-refractivity contribution in [1.29, 1.82) is 0 Å². The van der Waals surface area contributed by atoms with Crippen LogP contribution >= 0.6 is 0 Å². The highest BCUT2D eigenvalue weighted by atomic mass is 16.6. The summed E-state index contributed by atoms with van der Waals surface area (Å²) >= 11 is 0. The lowest BCUT2D eigenvalue weighted by molar-refractivity contribution is 0.0635. The molecule has 0 aliphatic rings. The summed E-state index contributed by atoms with van der Waals surface area (Å²) in [7, 11) is 0. The minimum Gasteiger partial charge on any atom is -0.444 e. The molecule has 2 N–H and O–H groups in total. The number of ether oxygens (including phenoxy) is 1. The minimum absolute atomic E-state index is 0.438. The minimum atomic E-state index is -0.529. The Morgan fingerprint density at radius 2 is 2.11 bits per heavy atom. The Kier molecular flexibility index (Phi) is 3.50. The zero-order valence-electron chi connectivity index (χ0n) is 11.1. The molecule has 0 aliphatic heterocycles. The Balaban J connectivity index is 2.01. The fraction of sp³-hybridized carbons (Fsp3) is 0.308. The molecule has 100 valence electrons. The summed E-state index contributed by atoms with van der Waals surface area (Å²) in [4.78, 5) is 22.7. The number of carbonyl (C=O) groups is 1. The van der Waals surface area contributed by atoms with E-state index in [-0.39, 0.29) is 0 Å². The van der Waals surface area contributed by atoms with E-state index in [1.807, 2.05) is 6.07 Å². The molecule has 2 aromatic rings. The molecule has 0 saturated heterocycles. The number of hydrogen-bond acceptors (Lipinski definition) is 4. The number of imidazole rings is 1. The van der Waals surface area contributed by atoms with Crippen LogP contribution in [0.3, 0.4) is 0 Å². The van der Waals surface area contributed by atoms with Crippen LogP contribution in [0.5, 0.6) is 0 Å². The van der Waals surface area contributed by atoms with Crippen molar-refractivity contribution in [3.63, 3.8) is 0 Å². The van der Waals surface area contributed by atoms with E-state index in [2.05, 4.69) is 20.3 Å². The van der Waals surface area contributed by atoms with E-state index in [9.17, 15) is 4.79 Å². The van der Waals surface area contributed by atoms with Gasteiger partial charge in [-0.3, -0.25) is 5.32 Å². The number of rotatable bonds is 2. The summed E-state index contributed by atoms with van der Waals surface area (Å²) in [6.45, 7) is 5.42. The van der Waals surface area contributed by atoms with Crippen molar-refractivity contribution in [1.82, 2.24) is 15.0 Å². The van der Waals surface area contributed by atoms with E-state index >= 15 is 0 Å². The van der Waals surface area contributed by atoms with Crippen LogP contribution in [0.2, 0.25) is 0 Å². The fourth-order valence-electron chi connectivity index (χ4n) is 1.45. The molecule has 0 bridgehead atoms. The summed E-state index contributed by atoms with van der Waals surface area (Å²) in [6.07, 6.45) is 4.50. The van der Waals surface area contributed by atoms with E-state index in [0.29, 0.717) is 5.82 Å². The van der Waals surface area contributed by atoms with Crippen LogP contribution in [-0.4, -0.2) is 26.6 Å². The molecule has 0 aliphatic carbocycles. The van der Waals surface area contributed by atoms with Crippen molar-refractivity contribution in [3.8, 4) is 11.3 Å². The van der Waals surface area contributed by atoms with Gasteiger partial charge in [0, 0.05) is 18.0 Å². The highest BCUT2D eigenvalue weighted by molar-refractivity contribution is 5.83. The summed E-state index contributed by atoms with van der Waals surface area (Å²) in [5.74, 6) is 0.438. The molecule has 2 rings (SSSR count). The average molecular weight is 260 g/mol. The van der Waals surface area contributed by atoms with E-state index in [4.69, 9.17) is 4.74 Å². The predicted octanol–water partition coefficient (Wildman–Crippen LogP) is 2.82. The molecule has 0 aromatic carbocycles. The number of nitrogens with one attached hydrogen (secondary N) is 2. The van der Waals surface area contributed by atoms with Gasteiger partial charge in [-0.25, -0.2) is 14.8 Å². The number of H-pyrrole nitrogens is 1. The van der Waals surface area contributed by atoms with Gasteiger partial charge in [0.15, 0.2) is 0 Å². The molecule has 2 aromatic heterocycles. The molecule has 0 fully saturated rings. The van der Waals surface area contributed by atoms with Crippen molar-refractivity contribution in [3.05, 3.63) is 30.9 Å². The van der Waals surface area contributed by atoms with Gasteiger partial charge in [0.1, 0.15) is 11.4 Å². The Morgan fingerprint density at radius 1 is 1.32 bits per heavy atom. The highest BCUT2D eigenvalue weighted by Crippen LogP contribution is 2.16. The van der Waals surface area contributed by atoms with Gasteiger partial charge in [0.2, 0.25) is 0 Å². The maximum absolute atomic E-state index is 11.6. The molecule has 0 spiro atoms. The predicted molar refractivity (Wildman–Crippen MR) is 71.7 cm³/mol. The number of nitrogens with zero attached hydrogens (tertiary/aromatic N) is 2.